The van der Waals surface area contributed by atoms with Crippen molar-refractivity contribution in [2.75, 3.05) is 0 Å². The summed E-state index contributed by atoms with van der Waals surface area (Å²) in [6, 6.07) is 10.7. The van der Waals surface area contributed by atoms with Crippen LogP contribution in [0, 0.1) is 6.92 Å². The van der Waals surface area contributed by atoms with E-state index < -0.39 is 0 Å². The number of aryl methyl sites for hydroxylation is 1. The van der Waals surface area contributed by atoms with Crippen LogP contribution in [-0.2, 0) is 0 Å². The average molecular weight is 337 g/mol. The average Bonchev–Trinajstić information content (AvgIpc) is 3.08. The summed E-state index contributed by atoms with van der Waals surface area (Å²) >= 11 is 8.34. The first kappa shape index (κ1) is 14.3. The molecule has 2 heterocycles. The van der Waals surface area contributed by atoms with Gasteiger partial charge in [0.05, 0.1) is 0 Å². The van der Waals surface area contributed by atoms with Crippen molar-refractivity contribution in [1.82, 2.24) is 10.2 Å². The molecule has 0 saturated carbocycles. The third kappa shape index (κ3) is 3.34. The molecule has 0 aliphatic carbocycles. The summed E-state index contributed by atoms with van der Waals surface area (Å²) in [6.07, 6.45) is 0. The summed E-state index contributed by atoms with van der Waals surface area (Å²) in [5.74, 6) is 0.887. The zero-order chi connectivity index (χ0) is 14.8. The third-order valence-electron chi connectivity index (χ3n) is 2.60. The molecule has 7 heteroatoms. The SMILES string of the molecule is Cc1nnc(SC(=O)c2ccc(-c3cccc(Cl)c3)o2)s1. The highest BCUT2D eigenvalue weighted by molar-refractivity contribution is 8.15. The van der Waals surface area contributed by atoms with Crippen LogP contribution in [0.4, 0.5) is 0 Å². The van der Waals surface area contributed by atoms with Crippen LogP contribution >= 0.6 is 34.7 Å². The minimum Gasteiger partial charge on any atom is -0.452 e. The predicted molar refractivity (Wildman–Crippen MR) is 84.0 cm³/mol. The molecule has 1 aromatic carbocycles. The fraction of sp³-hybridized carbons (Fsp3) is 0.0714. The molecule has 4 nitrogen and oxygen atoms in total. The second-order valence-corrected chi connectivity index (χ2v) is 6.99. The van der Waals surface area contributed by atoms with Gasteiger partial charge in [0.15, 0.2) is 10.1 Å². The number of rotatable bonds is 3. The Bertz CT molecular complexity index is 798. The van der Waals surface area contributed by atoms with Gasteiger partial charge in [0.25, 0.3) is 5.12 Å². The smallest absolute Gasteiger partial charge is 0.261 e. The largest absolute Gasteiger partial charge is 0.452 e. The van der Waals surface area contributed by atoms with Crippen molar-refractivity contribution in [3.8, 4) is 11.3 Å². The Morgan fingerprint density at radius 1 is 1.29 bits per heavy atom. The third-order valence-corrected chi connectivity index (χ3v) is 4.62. The molecular formula is C14H9ClN2O2S2. The minimum atomic E-state index is -0.195. The first-order valence-electron chi connectivity index (χ1n) is 6.00. The maximum Gasteiger partial charge on any atom is 0.261 e. The number of furan rings is 1. The van der Waals surface area contributed by atoms with Crippen molar-refractivity contribution in [2.45, 2.75) is 11.3 Å². The van der Waals surface area contributed by atoms with Crippen molar-refractivity contribution in [3.05, 3.63) is 52.2 Å². The van der Waals surface area contributed by atoms with Crippen LogP contribution in [0.1, 0.15) is 15.6 Å². The highest BCUT2D eigenvalue weighted by Crippen LogP contribution is 2.29. The molecule has 21 heavy (non-hydrogen) atoms. The lowest BCUT2D eigenvalue weighted by atomic mass is 10.2. The number of carbonyl (C=O) groups excluding carboxylic acids is 1. The number of thioether (sulfide) groups is 1. The summed E-state index contributed by atoms with van der Waals surface area (Å²) in [4.78, 5) is 12.1. The van der Waals surface area contributed by atoms with E-state index in [4.69, 9.17) is 16.0 Å². The number of aromatic nitrogens is 2. The van der Waals surface area contributed by atoms with Gasteiger partial charge in [0.2, 0.25) is 0 Å². The Balaban J connectivity index is 1.80. The van der Waals surface area contributed by atoms with Gasteiger partial charge in [-0.3, -0.25) is 4.79 Å². The zero-order valence-electron chi connectivity index (χ0n) is 10.9. The number of benzene rings is 1. The van der Waals surface area contributed by atoms with E-state index in [2.05, 4.69) is 10.2 Å². The van der Waals surface area contributed by atoms with Crippen LogP contribution in [0.5, 0.6) is 0 Å². The van der Waals surface area contributed by atoms with E-state index in [0.717, 1.165) is 22.3 Å². The quantitative estimate of drug-likeness (QED) is 0.649. The lowest BCUT2D eigenvalue weighted by Crippen LogP contribution is -1.89. The molecule has 0 aliphatic rings. The molecule has 0 spiro atoms. The molecule has 0 radical (unpaired) electrons. The fourth-order valence-electron chi connectivity index (χ4n) is 1.69. The maximum atomic E-state index is 12.1. The molecule has 3 aromatic rings. The molecule has 2 aromatic heterocycles. The molecule has 106 valence electrons. The van der Waals surface area contributed by atoms with Gasteiger partial charge in [0.1, 0.15) is 10.8 Å². The van der Waals surface area contributed by atoms with Crippen LogP contribution in [0.25, 0.3) is 11.3 Å². The second-order valence-electron chi connectivity index (χ2n) is 4.15. The normalized spacial score (nSPS) is 10.8. The van der Waals surface area contributed by atoms with E-state index in [1.165, 1.54) is 11.3 Å². The summed E-state index contributed by atoms with van der Waals surface area (Å²) in [7, 11) is 0. The topological polar surface area (TPSA) is 56.0 Å². The maximum absolute atomic E-state index is 12.1. The first-order chi connectivity index (χ1) is 10.1. The van der Waals surface area contributed by atoms with Crippen LogP contribution in [-0.4, -0.2) is 15.3 Å². The fourth-order valence-corrected chi connectivity index (χ4v) is 3.51. The van der Waals surface area contributed by atoms with E-state index in [1.54, 1.807) is 24.3 Å². The number of halogens is 1. The van der Waals surface area contributed by atoms with E-state index in [0.29, 0.717) is 15.1 Å². The molecule has 0 fully saturated rings. The van der Waals surface area contributed by atoms with Gasteiger partial charge < -0.3 is 4.42 Å². The molecule has 0 aliphatic heterocycles. The molecule has 0 bridgehead atoms. The summed E-state index contributed by atoms with van der Waals surface area (Å²) in [6.45, 7) is 1.84. The molecule has 0 saturated heterocycles. The lowest BCUT2D eigenvalue weighted by molar-refractivity contribution is 0.106. The van der Waals surface area contributed by atoms with Crippen LogP contribution in [0.2, 0.25) is 5.02 Å². The van der Waals surface area contributed by atoms with E-state index in [-0.39, 0.29) is 10.9 Å². The Labute approximate surface area is 134 Å². The highest BCUT2D eigenvalue weighted by Gasteiger charge is 2.16. The predicted octanol–water partition coefficient (Wildman–Crippen LogP) is 4.69. The molecular weight excluding hydrogens is 328 g/mol. The number of hydrogen-bond acceptors (Lipinski definition) is 6. The molecule has 3 rings (SSSR count). The van der Waals surface area contributed by atoms with Crippen molar-refractivity contribution in [2.24, 2.45) is 0 Å². The molecule has 0 atom stereocenters. The van der Waals surface area contributed by atoms with Crippen LogP contribution in [0.15, 0.2) is 45.2 Å². The van der Waals surface area contributed by atoms with Gasteiger partial charge in [-0.05, 0) is 43.0 Å². The lowest BCUT2D eigenvalue weighted by Gasteiger charge is -1.97. The van der Waals surface area contributed by atoms with E-state index in [9.17, 15) is 4.79 Å². The van der Waals surface area contributed by atoms with Gasteiger partial charge in [-0.1, -0.05) is 35.1 Å². The first-order valence-corrected chi connectivity index (χ1v) is 8.01. The van der Waals surface area contributed by atoms with Gasteiger partial charge >= 0.3 is 0 Å². The van der Waals surface area contributed by atoms with Gasteiger partial charge in [-0.15, -0.1) is 10.2 Å². The molecule has 0 unspecified atom stereocenters. The van der Waals surface area contributed by atoms with Crippen molar-refractivity contribution in [1.29, 1.82) is 0 Å². The summed E-state index contributed by atoms with van der Waals surface area (Å²) < 4.78 is 6.20. The molecule has 0 N–H and O–H groups in total. The highest BCUT2D eigenvalue weighted by atomic mass is 35.5. The van der Waals surface area contributed by atoms with Crippen molar-refractivity contribution in [3.63, 3.8) is 0 Å². The second kappa shape index (κ2) is 6.01. The van der Waals surface area contributed by atoms with Crippen molar-refractivity contribution < 1.29 is 9.21 Å². The Kier molecular flexibility index (Phi) is 4.10. The number of hydrogen-bond donors (Lipinski definition) is 0. The van der Waals surface area contributed by atoms with Crippen LogP contribution in [0.3, 0.4) is 0 Å². The number of carbonyl (C=O) groups is 1. The molecule has 0 amide bonds. The number of nitrogens with zero attached hydrogens (tertiary/aromatic N) is 2. The zero-order valence-corrected chi connectivity index (χ0v) is 13.3. The minimum absolute atomic E-state index is 0.195. The van der Waals surface area contributed by atoms with Gasteiger partial charge in [-0.2, -0.15) is 0 Å². The van der Waals surface area contributed by atoms with E-state index in [1.807, 2.05) is 19.1 Å². The summed E-state index contributed by atoms with van der Waals surface area (Å²) in [5.41, 5.74) is 0.832. The van der Waals surface area contributed by atoms with Crippen LogP contribution < -0.4 is 0 Å². The Morgan fingerprint density at radius 3 is 2.86 bits per heavy atom. The monoisotopic (exact) mass is 336 g/mol. The Hall–Kier alpha value is -1.63. The van der Waals surface area contributed by atoms with E-state index >= 15 is 0 Å². The Morgan fingerprint density at radius 2 is 2.14 bits per heavy atom. The van der Waals surface area contributed by atoms with Crippen molar-refractivity contribution >= 4 is 39.8 Å². The summed E-state index contributed by atoms with van der Waals surface area (Å²) in [5, 5.41) is 9.03. The standard InChI is InChI=1S/C14H9ClN2O2S2/c1-8-16-17-14(20-8)21-13(18)12-6-5-11(19-12)9-3-2-4-10(15)7-9/h2-7H,1H3. The van der Waals surface area contributed by atoms with Gasteiger partial charge in [0, 0.05) is 10.6 Å². The van der Waals surface area contributed by atoms with Gasteiger partial charge in [-0.25, -0.2) is 0 Å².